The summed E-state index contributed by atoms with van der Waals surface area (Å²) >= 11 is 5.83. The van der Waals surface area contributed by atoms with Crippen LogP contribution < -0.4 is 4.72 Å². The summed E-state index contributed by atoms with van der Waals surface area (Å²) in [5, 5.41) is -0.0917. The molecular weight excluding hydrogens is 315 g/mol. The highest BCUT2D eigenvalue weighted by molar-refractivity contribution is 7.89. The number of benzene rings is 1. The van der Waals surface area contributed by atoms with Gasteiger partial charge in [-0.25, -0.2) is 17.5 Å². The van der Waals surface area contributed by atoms with Gasteiger partial charge in [0.2, 0.25) is 10.0 Å². The standard InChI is InChI=1S/C14H20ClFN2O2S/c1-2-7-18-8-5-12(6-9-18)17-21(19,20)14-4-3-11(16)10-13(14)15/h3-4,10,12,17H,2,5-9H2,1H3. The van der Waals surface area contributed by atoms with Crippen LogP contribution in [-0.2, 0) is 10.0 Å². The average molecular weight is 335 g/mol. The molecule has 1 aliphatic heterocycles. The van der Waals surface area contributed by atoms with Gasteiger partial charge in [-0.3, -0.25) is 0 Å². The van der Waals surface area contributed by atoms with E-state index >= 15 is 0 Å². The molecule has 1 aliphatic rings. The highest BCUT2D eigenvalue weighted by Crippen LogP contribution is 2.23. The molecule has 0 spiro atoms. The van der Waals surface area contributed by atoms with Gasteiger partial charge in [0.1, 0.15) is 10.7 Å². The van der Waals surface area contributed by atoms with Gasteiger partial charge in [0.05, 0.1) is 5.02 Å². The lowest BCUT2D eigenvalue weighted by Gasteiger charge is -2.31. The van der Waals surface area contributed by atoms with Crippen molar-refractivity contribution in [2.45, 2.75) is 37.1 Å². The number of hydrogen-bond acceptors (Lipinski definition) is 3. The third-order valence-electron chi connectivity index (χ3n) is 3.63. The van der Waals surface area contributed by atoms with Crippen LogP contribution in [0.1, 0.15) is 26.2 Å². The topological polar surface area (TPSA) is 49.4 Å². The first kappa shape index (κ1) is 16.7. The molecule has 1 aromatic carbocycles. The zero-order chi connectivity index (χ0) is 15.5. The molecule has 7 heteroatoms. The second-order valence-corrected chi connectivity index (χ2v) is 7.40. The van der Waals surface area contributed by atoms with Gasteiger partial charge in [-0.2, -0.15) is 0 Å². The van der Waals surface area contributed by atoms with Gasteiger partial charge < -0.3 is 4.90 Å². The summed E-state index contributed by atoms with van der Waals surface area (Å²) in [6.07, 6.45) is 2.65. The summed E-state index contributed by atoms with van der Waals surface area (Å²) < 4.78 is 40.3. The van der Waals surface area contributed by atoms with Crippen LogP contribution in [-0.4, -0.2) is 39.0 Å². The van der Waals surface area contributed by atoms with Crippen LogP contribution in [0.5, 0.6) is 0 Å². The zero-order valence-corrected chi connectivity index (χ0v) is 13.6. The Morgan fingerprint density at radius 2 is 2.05 bits per heavy atom. The van der Waals surface area contributed by atoms with Crippen molar-refractivity contribution in [1.29, 1.82) is 0 Å². The van der Waals surface area contributed by atoms with E-state index < -0.39 is 15.8 Å². The molecule has 1 heterocycles. The Kier molecular flexibility index (Phi) is 5.60. The van der Waals surface area contributed by atoms with Crippen LogP contribution in [0.4, 0.5) is 4.39 Å². The number of nitrogens with one attached hydrogen (secondary N) is 1. The predicted molar refractivity (Wildman–Crippen MR) is 81.5 cm³/mol. The Bertz CT molecular complexity index is 587. The molecule has 1 aromatic rings. The lowest BCUT2D eigenvalue weighted by molar-refractivity contribution is 0.208. The number of hydrogen-bond donors (Lipinski definition) is 1. The van der Waals surface area contributed by atoms with Crippen molar-refractivity contribution in [3.8, 4) is 0 Å². The van der Waals surface area contributed by atoms with Crippen LogP contribution >= 0.6 is 11.6 Å². The fourth-order valence-electron chi connectivity index (χ4n) is 2.57. The molecule has 4 nitrogen and oxygen atoms in total. The van der Waals surface area contributed by atoms with E-state index in [1.54, 1.807) is 0 Å². The van der Waals surface area contributed by atoms with Gasteiger partial charge in [0.15, 0.2) is 0 Å². The molecule has 0 atom stereocenters. The van der Waals surface area contributed by atoms with E-state index in [1.165, 1.54) is 6.07 Å². The third kappa shape index (κ3) is 4.39. The SMILES string of the molecule is CCCN1CCC(NS(=O)(=O)c2ccc(F)cc2Cl)CC1. The van der Waals surface area contributed by atoms with Gasteiger partial charge in [0, 0.05) is 6.04 Å². The summed E-state index contributed by atoms with van der Waals surface area (Å²) in [5.74, 6) is -0.549. The number of sulfonamides is 1. The zero-order valence-electron chi connectivity index (χ0n) is 12.0. The van der Waals surface area contributed by atoms with Crippen molar-refractivity contribution >= 4 is 21.6 Å². The van der Waals surface area contributed by atoms with Gasteiger partial charge in [-0.15, -0.1) is 0 Å². The minimum absolute atomic E-state index is 0.0680. The maximum atomic E-state index is 13.0. The summed E-state index contributed by atoms with van der Waals surface area (Å²) in [5.41, 5.74) is 0. The van der Waals surface area contributed by atoms with Gasteiger partial charge in [0.25, 0.3) is 0 Å². The molecule has 21 heavy (non-hydrogen) atoms. The Labute approximate surface area is 130 Å². The molecule has 1 fully saturated rings. The lowest BCUT2D eigenvalue weighted by Crippen LogP contribution is -2.44. The normalized spacial score (nSPS) is 18.0. The molecule has 0 radical (unpaired) electrons. The van der Waals surface area contributed by atoms with Crippen molar-refractivity contribution in [1.82, 2.24) is 9.62 Å². The fraction of sp³-hybridized carbons (Fsp3) is 0.571. The molecule has 1 saturated heterocycles. The highest BCUT2D eigenvalue weighted by Gasteiger charge is 2.25. The fourth-order valence-corrected chi connectivity index (χ4v) is 4.40. The molecule has 0 bridgehead atoms. The maximum Gasteiger partial charge on any atom is 0.242 e. The van der Waals surface area contributed by atoms with E-state index in [0.29, 0.717) is 0 Å². The van der Waals surface area contributed by atoms with Crippen LogP contribution in [0.25, 0.3) is 0 Å². The van der Waals surface area contributed by atoms with E-state index in [0.717, 1.165) is 51.0 Å². The number of halogens is 2. The van der Waals surface area contributed by atoms with Crippen molar-refractivity contribution in [2.24, 2.45) is 0 Å². The van der Waals surface area contributed by atoms with Gasteiger partial charge in [-0.05, 0) is 57.1 Å². The number of likely N-dealkylation sites (tertiary alicyclic amines) is 1. The quantitative estimate of drug-likeness (QED) is 0.900. The second-order valence-electron chi connectivity index (χ2n) is 5.31. The first-order chi connectivity index (χ1) is 9.92. The molecule has 2 rings (SSSR count). The monoisotopic (exact) mass is 334 g/mol. The molecule has 0 unspecified atom stereocenters. The smallest absolute Gasteiger partial charge is 0.242 e. The first-order valence-electron chi connectivity index (χ1n) is 7.12. The molecule has 118 valence electrons. The number of nitrogens with zero attached hydrogens (tertiary/aromatic N) is 1. The van der Waals surface area contributed by atoms with Gasteiger partial charge in [-0.1, -0.05) is 18.5 Å². The number of piperidine rings is 1. The molecule has 0 amide bonds. The van der Waals surface area contributed by atoms with Crippen LogP contribution in [0, 0.1) is 5.82 Å². The van der Waals surface area contributed by atoms with E-state index in [2.05, 4.69) is 16.5 Å². The van der Waals surface area contributed by atoms with Crippen molar-refractivity contribution in [3.05, 3.63) is 29.0 Å². The minimum Gasteiger partial charge on any atom is -0.303 e. The van der Waals surface area contributed by atoms with Crippen LogP contribution in [0.3, 0.4) is 0 Å². The summed E-state index contributed by atoms with van der Waals surface area (Å²) in [6.45, 7) is 4.95. The molecule has 0 aromatic heterocycles. The largest absolute Gasteiger partial charge is 0.303 e. The summed E-state index contributed by atoms with van der Waals surface area (Å²) in [6, 6.07) is 3.22. The Morgan fingerprint density at radius 3 is 2.62 bits per heavy atom. The Hall–Kier alpha value is -0.690. The van der Waals surface area contributed by atoms with Crippen LogP contribution in [0.2, 0.25) is 5.02 Å². The molecule has 0 aliphatic carbocycles. The predicted octanol–water partition coefficient (Wildman–Crippen LogP) is 2.63. The van der Waals surface area contributed by atoms with E-state index in [-0.39, 0.29) is 16.0 Å². The van der Waals surface area contributed by atoms with E-state index in [1.807, 2.05) is 0 Å². The summed E-state index contributed by atoms with van der Waals surface area (Å²) in [4.78, 5) is 2.26. The summed E-state index contributed by atoms with van der Waals surface area (Å²) in [7, 11) is -3.70. The Morgan fingerprint density at radius 1 is 1.38 bits per heavy atom. The minimum atomic E-state index is -3.70. The molecular formula is C14H20ClFN2O2S. The lowest BCUT2D eigenvalue weighted by atomic mass is 10.1. The maximum absolute atomic E-state index is 13.0. The van der Waals surface area contributed by atoms with Crippen molar-refractivity contribution in [2.75, 3.05) is 19.6 Å². The second kappa shape index (κ2) is 7.05. The highest BCUT2D eigenvalue weighted by atomic mass is 35.5. The third-order valence-corrected chi connectivity index (χ3v) is 5.64. The van der Waals surface area contributed by atoms with Crippen molar-refractivity contribution < 1.29 is 12.8 Å². The van der Waals surface area contributed by atoms with Crippen molar-refractivity contribution in [3.63, 3.8) is 0 Å². The first-order valence-corrected chi connectivity index (χ1v) is 8.98. The number of rotatable bonds is 5. The van der Waals surface area contributed by atoms with Gasteiger partial charge >= 0.3 is 0 Å². The van der Waals surface area contributed by atoms with E-state index in [9.17, 15) is 12.8 Å². The molecule has 1 N–H and O–H groups in total. The molecule has 0 saturated carbocycles. The van der Waals surface area contributed by atoms with Crippen LogP contribution in [0.15, 0.2) is 23.1 Å². The average Bonchev–Trinajstić information content (AvgIpc) is 2.40. The van der Waals surface area contributed by atoms with E-state index in [4.69, 9.17) is 11.6 Å². The Balaban J connectivity index is 2.02.